The molecule has 0 heterocycles. The largest absolute Gasteiger partial charge is 0.480 e. The molecule has 33 heavy (non-hydrogen) atoms. The van der Waals surface area contributed by atoms with Crippen molar-refractivity contribution < 1.29 is 24.2 Å². The fourth-order valence-corrected chi connectivity index (χ4v) is 4.01. The minimum atomic E-state index is -1.10. The van der Waals surface area contributed by atoms with Gasteiger partial charge in [-0.05, 0) is 56.4 Å². The highest BCUT2D eigenvalue weighted by Crippen LogP contribution is 2.44. The number of rotatable bonds is 8. The fraction of sp³-hybridized carbons (Fsp3) is 0.423. The molecule has 2 aromatic rings. The third kappa shape index (κ3) is 4.72. The van der Waals surface area contributed by atoms with Crippen LogP contribution in [0, 0.1) is 5.41 Å². The smallest absolute Gasteiger partial charge is 0.407 e. The van der Waals surface area contributed by atoms with Gasteiger partial charge in [0.25, 0.3) is 0 Å². The molecular formula is C26H32N2O5. The second-order valence-corrected chi connectivity index (χ2v) is 9.47. The van der Waals surface area contributed by atoms with E-state index >= 15 is 0 Å². The van der Waals surface area contributed by atoms with Crippen LogP contribution in [0.1, 0.15) is 58.1 Å². The summed E-state index contributed by atoms with van der Waals surface area (Å²) < 4.78 is 5.62. The predicted molar refractivity (Wildman–Crippen MR) is 126 cm³/mol. The number of amides is 2. The molecule has 0 aromatic heterocycles. The molecule has 0 aliphatic heterocycles. The lowest BCUT2D eigenvalue weighted by Gasteiger charge is -2.40. The number of ether oxygens (including phenoxy) is 1. The molecule has 0 radical (unpaired) electrons. The minimum absolute atomic E-state index is 0.0662. The lowest BCUT2D eigenvalue weighted by molar-refractivity contribution is -0.144. The zero-order chi connectivity index (χ0) is 24.4. The number of carbonyl (C=O) groups is 3. The maximum absolute atomic E-state index is 12.8. The van der Waals surface area contributed by atoms with E-state index in [1.54, 1.807) is 34.6 Å². The number of alkyl carbamates (subject to hydrolysis) is 1. The zero-order valence-electron chi connectivity index (χ0n) is 19.8. The van der Waals surface area contributed by atoms with Crippen molar-refractivity contribution in [3.05, 3.63) is 59.7 Å². The number of benzene rings is 2. The van der Waals surface area contributed by atoms with Gasteiger partial charge in [-0.25, -0.2) is 9.59 Å². The van der Waals surface area contributed by atoms with Crippen LogP contribution in [-0.4, -0.2) is 41.3 Å². The molecular weight excluding hydrogens is 420 g/mol. The Hall–Kier alpha value is -3.35. The van der Waals surface area contributed by atoms with Crippen LogP contribution in [0.2, 0.25) is 0 Å². The molecule has 0 fully saturated rings. The maximum Gasteiger partial charge on any atom is 0.407 e. The summed E-state index contributed by atoms with van der Waals surface area (Å²) in [6, 6.07) is 15.2. The van der Waals surface area contributed by atoms with Crippen LogP contribution in [0.15, 0.2) is 48.5 Å². The lowest BCUT2D eigenvalue weighted by Crippen LogP contribution is -2.61. The van der Waals surface area contributed by atoms with Gasteiger partial charge >= 0.3 is 12.1 Å². The molecule has 0 spiro atoms. The van der Waals surface area contributed by atoms with E-state index in [0.717, 1.165) is 22.3 Å². The molecule has 0 unspecified atom stereocenters. The standard InChI is InChI=1S/C26H32N2O5/c1-6-21(22(29)30)27-23(31)25(2,3)26(4,5)28-24(32)33-15-20-18-13-9-7-11-16(18)17-12-8-10-14-19(17)20/h7-14,20-21H,6,15H2,1-5H3,(H,27,31)(H,28,32)(H,29,30)/t21-/m0/s1. The molecule has 7 nitrogen and oxygen atoms in total. The predicted octanol–water partition coefficient (Wildman–Crippen LogP) is 4.31. The van der Waals surface area contributed by atoms with Crippen LogP contribution < -0.4 is 10.6 Å². The van der Waals surface area contributed by atoms with Crippen LogP contribution in [0.25, 0.3) is 11.1 Å². The second kappa shape index (κ2) is 9.25. The molecule has 176 valence electrons. The summed E-state index contributed by atoms with van der Waals surface area (Å²) in [7, 11) is 0. The van der Waals surface area contributed by atoms with Crippen LogP contribution in [0.3, 0.4) is 0 Å². The quantitative estimate of drug-likeness (QED) is 0.554. The maximum atomic E-state index is 12.8. The third-order valence-electron chi connectivity index (χ3n) is 6.90. The normalized spacial score (nSPS) is 14.1. The molecule has 3 N–H and O–H groups in total. The molecule has 1 atom stereocenters. The monoisotopic (exact) mass is 452 g/mol. The first-order valence-corrected chi connectivity index (χ1v) is 11.2. The van der Waals surface area contributed by atoms with Gasteiger partial charge in [0, 0.05) is 5.92 Å². The van der Waals surface area contributed by atoms with Crippen LogP contribution >= 0.6 is 0 Å². The zero-order valence-corrected chi connectivity index (χ0v) is 19.8. The van der Waals surface area contributed by atoms with E-state index in [4.69, 9.17) is 4.74 Å². The van der Waals surface area contributed by atoms with Gasteiger partial charge in [-0.2, -0.15) is 0 Å². The van der Waals surface area contributed by atoms with Crippen molar-refractivity contribution in [3.8, 4) is 11.1 Å². The van der Waals surface area contributed by atoms with E-state index in [1.807, 2.05) is 36.4 Å². The molecule has 0 bridgehead atoms. The minimum Gasteiger partial charge on any atom is -0.480 e. The van der Waals surface area contributed by atoms with Gasteiger partial charge in [0.2, 0.25) is 5.91 Å². The number of aliphatic carboxylic acids is 1. The Morgan fingerprint density at radius 1 is 0.970 bits per heavy atom. The van der Waals surface area contributed by atoms with E-state index in [2.05, 4.69) is 22.8 Å². The average molecular weight is 453 g/mol. The van der Waals surface area contributed by atoms with Crippen molar-refractivity contribution in [2.24, 2.45) is 5.41 Å². The SMILES string of the molecule is CC[C@H](NC(=O)C(C)(C)C(C)(C)NC(=O)OCC1c2ccccc2-c2ccccc21)C(=O)O. The molecule has 0 saturated heterocycles. The Bertz CT molecular complexity index is 1010. The van der Waals surface area contributed by atoms with Gasteiger partial charge in [-0.15, -0.1) is 0 Å². The van der Waals surface area contributed by atoms with Crippen molar-refractivity contribution in [3.63, 3.8) is 0 Å². The third-order valence-corrected chi connectivity index (χ3v) is 6.90. The van der Waals surface area contributed by atoms with Gasteiger partial charge in [-0.3, -0.25) is 4.79 Å². The average Bonchev–Trinajstić information content (AvgIpc) is 3.09. The Morgan fingerprint density at radius 2 is 1.48 bits per heavy atom. The van der Waals surface area contributed by atoms with Gasteiger partial charge in [0.15, 0.2) is 0 Å². The molecule has 1 aliphatic rings. The van der Waals surface area contributed by atoms with Crippen LogP contribution in [-0.2, 0) is 14.3 Å². The highest BCUT2D eigenvalue weighted by molar-refractivity contribution is 5.88. The van der Waals surface area contributed by atoms with Gasteiger partial charge in [-0.1, -0.05) is 55.5 Å². The van der Waals surface area contributed by atoms with Gasteiger partial charge in [0.05, 0.1) is 11.0 Å². The summed E-state index contributed by atoms with van der Waals surface area (Å²) in [5, 5.41) is 14.6. The molecule has 7 heteroatoms. The molecule has 3 rings (SSSR count). The van der Waals surface area contributed by atoms with Crippen molar-refractivity contribution in [1.29, 1.82) is 0 Å². The van der Waals surface area contributed by atoms with E-state index in [-0.39, 0.29) is 18.9 Å². The highest BCUT2D eigenvalue weighted by atomic mass is 16.5. The first-order chi connectivity index (χ1) is 15.5. The topological polar surface area (TPSA) is 105 Å². The van der Waals surface area contributed by atoms with E-state index in [1.165, 1.54) is 0 Å². The first kappa shape index (κ1) is 24.3. The fourth-order valence-electron chi connectivity index (χ4n) is 4.01. The van der Waals surface area contributed by atoms with Gasteiger partial charge < -0.3 is 20.5 Å². The summed E-state index contributed by atoms with van der Waals surface area (Å²) in [5.41, 5.74) is 2.42. The Morgan fingerprint density at radius 3 is 1.97 bits per heavy atom. The molecule has 1 aliphatic carbocycles. The van der Waals surface area contributed by atoms with E-state index in [0.29, 0.717) is 0 Å². The Labute approximate surface area is 194 Å². The van der Waals surface area contributed by atoms with E-state index in [9.17, 15) is 19.5 Å². The number of fused-ring (bicyclic) bond motifs is 3. The summed E-state index contributed by atoms with van der Waals surface area (Å²) >= 11 is 0. The van der Waals surface area contributed by atoms with Crippen molar-refractivity contribution >= 4 is 18.0 Å². The lowest BCUT2D eigenvalue weighted by atomic mass is 9.73. The van der Waals surface area contributed by atoms with Crippen molar-refractivity contribution in [2.75, 3.05) is 6.61 Å². The number of hydrogen-bond donors (Lipinski definition) is 3. The summed E-state index contributed by atoms with van der Waals surface area (Å²) in [6.07, 6.45) is -0.370. The number of carbonyl (C=O) groups excluding carboxylic acids is 2. The number of carboxylic acid groups (broad SMARTS) is 1. The number of hydrogen-bond acceptors (Lipinski definition) is 4. The van der Waals surface area contributed by atoms with Crippen LogP contribution in [0.5, 0.6) is 0 Å². The summed E-state index contributed by atoms with van der Waals surface area (Å²) in [6.45, 7) is 8.62. The van der Waals surface area contributed by atoms with Crippen molar-refractivity contribution in [2.45, 2.75) is 58.5 Å². The van der Waals surface area contributed by atoms with Gasteiger partial charge in [0.1, 0.15) is 12.6 Å². The summed E-state index contributed by atoms with van der Waals surface area (Å²) in [5.74, 6) is -1.62. The summed E-state index contributed by atoms with van der Waals surface area (Å²) in [4.78, 5) is 36.9. The number of carboxylic acids is 1. The highest BCUT2D eigenvalue weighted by Gasteiger charge is 2.45. The number of nitrogens with one attached hydrogen (secondary N) is 2. The van der Waals surface area contributed by atoms with Crippen LogP contribution in [0.4, 0.5) is 4.79 Å². The van der Waals surface area contributed by atoms with Crippen molar-refractivity contribution in [1.82, 2.24) is 10.6 Å². The first-order valence-electron chi connectivity index (χ1n) is 11.2. The Balaban J connectivity index is 1.68. The molecule has 0 saturated carbocycles. The molecule has 2 amide bonds. The van der Waals surface area contributed by atoms with E-state index < -0.39 is 35.0 Å². The Kier molecular flexibility index (Phi) is 6.81. The molecule has 2 aromatic carbocycles. The second-order valence-electron chi connectivity index (χ2n) is 9.47.